The van der Waals surface area contributed by atoms with Gasteiger partial charge in [-0.2, -0.15) is 15.0 Å². The average Bonchev–Trinajstić information content (AvgIpc) is 3.50. The van der Waals surface area contributed by atoms with E-state index >= 15 is 4.39 Å². The van der Waals surface area contributed by atoms with Crippen LogP contribution in [-0.4, -0.2) is 77.6 Å². The quantitative estimate of drug-likeness (QED) is 0.355. The Balaban J connectivity index is 1.36. The van der Waals surface area contributed by atoms with Crippen molar-refractivity contribution < 1.29 is 22.7 Å². The molecule has 3 fully saturated rings. The van der Waals surface area contributed by atoms with E-state index in [1.54, 1.807) is 24.3 Å². The van der Waals surface area contributed by atoms with E-state index in [1.807, 2.05) is 4.90 Å². The molecule has 0 spiro atoms. The van der Waals surface area contributed by atoms with Crippen molar-refractivity contribution in [1.29, 1.82) is 0 Å². The lowest BCUT2D eigenvalue weighted by molar-refractivity contribution is 0.107. The van der Waals surface area contributed by atoms with Gasteiger partial charge in [-0.3, -0.25) is 4.90 Å². The summed E-state index contributed by atoms with van der Waals surface area (Å²) in [5.41, 5.74) is 6.87. The van der Waals surface area contributed by atoms with Gasteiger partial charge in [-0.15, -0.1) is 0 Å². The smallest absolute Gasteiger partial charge is 0.319 e. The molecular weight excluding hydrogens is 542 g/mol. The predicted molar refractivity (Wildman–Crippen MR) is 148 cm³/mol. The Labute approximate surface area is 234 Å². The third kappa shape index (κ3) is 4.31. The molecule has 210 valence electrons. The highest BCUT2D eigenvalue weighted by molar-refractivity contribution is 6.34. The topological polar surface area (TPSA) is 103 Å². The molecule has 2 N–H and O–H groups in total. The van der Waals surface area contributed by atoms with Crippen LogP contribution in [0, 0.1) is 5.82 Å². The molecule has 0 radical (unpaired) electrons. The molecule has 2 aromatic carbocycles. The van der Waals surface area contributed by atoms with Gasteiger partial charge < -0.3 is 24.5 Å². The number of halogens is 3. The fourth-order valence-corrected chi connectivity index (χ4v) is 6.78. The molecule has 2 aromatic heterocycles. The maximum absolute atomic E-state index is 16.5. The molecule has 0 saturated carbocycles. The van der Waals surface area contributed by atoms with E-state index in [0.29, 0.717) is 67.1 Å². The summed E-state index contributed by atoms with van der Waals surface area (Å²) < 4.78 is 48.2. The first-order chi connectivity index (χ1) is 19.4. The number of fused-ring (bicyclic) bond motifs is 3. The first kappa shape index (κ1) is 25.7. The number of alkyl halides is 1. The summed E-state index contributed by atoms with van der Waals surface area (Å²) in [7, 11) is 0. The summed E-state index contributed by atoms with van der Waals surface area (Å²) in [5, 5.41) is 0.654. The molecule has 9 nitrogen and oxygen atoms in total. The largest absolute Gasteiger partial charge is 0.461 e. The van der Waals surface area contributed by atoms with Crippen molar-refractivity contribution in [3.05, 3.63) is 35.1 Å². The van der Waals surface area contributed by atoms with Crippen LogP contribution in [0.2, 0.25) is 5.02 Å². The van der Waals surface area contributed by atoms with Crippen LogP contribution < -0.4 is 15.4 Å². The Hall–Kier alpha value is -3.28. The second-order valence-corrected chi connectivity index (χ2v) is 11.2. The van der Waals surface area contributed by atoms with Crippen LogP contribution in [-0.2, 0) is 4.74 Å². The van der Waals surface area contributed by atoms with Crippen LogP contribution in [0.25, 0.3) is 33.1 Å². The highest BCUT2D eigenvalue weighted by Crippen LogP contribution is 2.43. The number of aromatic nitrogens is 3. The van der Waals surface area contributed by atoms with Crippen molar-refractivity contribution in [3.8, 4) is 17.1 Å². The van der Waals surface area contributed by atoms with Crippen molar-refractivity contribution in [2.45, 2.75) is 37.4 Å². The Bertz CT molecular complexity index is 1590. The lowest BCUT2D eigenvalue weighted by Gasteiger charge is -2.31. The van der Waals surface area contributed by atoms with Crippen molar-refractivity contribution in [2.24, 2.45) is 0 Å². The highest BCUT2D eigenvalue weighted by Gasteiger charge is 2.49. The van der Waals surface area contributed by atoms with E-state index < -0.39 is 12.0 Å². The molecule has 0 amide bonds. The molecule has 12 heteroatoms. The van der Waals surface area contributed by atoms with Crippen LogP contribution >= 0.6 is 11.6 Å². The molecule has 0 bridgehead atoms. The number of hydrogen-bond donors (Lipinski definition) is 1. The van der Waals surface area contributed by atoms with Gasteiger partial charge >= 0.3 is 6.01 Å². The Morgan fingerprint density at radius 2 is 2.02 bits per heavy atom. The minimum Gasteiger partial charge on any atom is -0.461 e. The van der Waals surface area contributed by atoms with Gasteiger partial charge in [-0.05, 0) is 37.9 Å². The maximum atomic E-state index is 16.5. The van der Waals surface area contributed by atoms with E-state index in [1.165, 1.54) is 0 Å². The molecule has 0 unspecified atom stereocenters. The van der Waals surface area contributed by atoms with E-state index in [-0.39, 0.29) is 40.3 Å². The van der Waals surface area contributed by atoms with Crippen LogP contribution in [0.5, 0.6) is 6.01 Å². The first-order valence-corrected chi connectivity index (χ1v) is 14.0. The van der Waals surface area contributed by atoms with Gasteiger partial charge in [0.2, 0.25) is 0 Å². The minimum atomic E-state index is -0.885. The maximum Gasteiger partial charge on any atom is 0.319 e. The third-order valence-corrected chi connectivity index (χ3v) is 8.60. The fourth-order valence-electron chi connectivity index (χ4n) is 6.49. The predicted octanol–water partition coefficient (Wildman–Crippen LogP) is 4.99. The summed E-state index contributed by atoms with van der Waals surface area (Å²) in [6, 6.07) is 6.86. The Morgan fingerprint density at radius 1 is 1.12 bits per heavy atom. The number of nitrogens with two attached hydrogens (primary N) is 1. The molecule has 3 aliphatic rings. The number of nitrogens with zero attached hydrogens (tertiary/aromatic N) is 5. The molecule has 5 heterocycles. The van der Waals surface area contributed by atoms with Crippen LogP contribution in [0.3, 0.4) is 0 Å². The number of ether oxygens (including phenoxy) is 2. The van der Waals surface area contributed by atoms with Crippen LogP contribution in [0.4, 0.5) is 20.6 Å². The normalized spacial score (nSPS) is 23.7. The summed E-state index contributed by atoms with van der Waals surface area (Å²) in [6.07, 6.45) is 2.15. The zero-order valence-electron chi connectivity index (χ0n) is 21.8. The highest BCUT2D eigenvalue weighted by atomic mass is 35.5. The molecule has 3 saturated heterocycles. The fraction of sp³-hybridized carbons (Fsp3) is 0.464. The monoisotopic (exact) mass is 570 g/mol. The lowest BCUT2D eigenvalue weighted by atomic mass is 9.95. The SMILES string of the molecule is Nc1nc2c(-c3c(Cl)cc4c(N5CCCOCC5)nc(OC[C@@]56CCCN5C[C@H](F)C6)nc4c3F)cccc2o1. The zero-order chi connectivity index (χ0) is 27.4. The average molecular weight is 571 g/mol. The van der Waals surface area contributed by atoms with E-state index in [9.17, 15) is 4.39 Å². The van der Waals surface area contributed by atoms with Crippen molar-refractivity contribution >= 4 is 45.4 Å². The van der Waals surface area contributed by atoms with E-state index in [2.05, 4.69) is 14.9 Å². The second-order valence-electron chi connectivity index (χ2n) is 10.8. The summed E-state index contributed by atoms with van der Waals surface area (Å²) in [4.78, 5) is 17.8. The number of para-hydroxylation sites is 1. The van der Waals surface area contributed by atoms with Crippen LogP contribution in [0.1, 0.15) is 25.7 Å². The van der Waals surface area contributed by atoms with Gasteiger partial charge in [-0.1, -0.05) is 23.7 Å². The molecule has 2 atom stereocenters. The number of hydrogen-bond acceptors (Lipinski definition) is 9. The lowest BCUT2D eigenvalue weighted by Crippen LogP contribution is -2.43. The minimum absolute atomic E-state index is 0.0220. The number of rotatable bonds is 5. The molecule has 3 aliphatic heterocycles. The van der Waals surface area contributed by atoms with Crippen molar-refractivity contribution in [1.82, 2.24) is 19.9 Å². The summed E-state index contributed by atoms with van der Waals surface area (Å²) in [5.74, 6) is -0.0983. The molecule has 40 heavy (non-hydrogen) atoms. The number of nitrogen functional groups attached to an aromatic ring is 1. The summed E-state index contributed by atoms with van der Waals surface area (Å²) in [6.45, 7) is 3.89. The van der Waals surface area contributed by atoms with E-state index in [0.717, 1.165) is 25.8 Å². The Kier molecular flexibility index (Phi) is 6.40. The van der Waals surface area contributed by atoms with Gasteiger partial charge in [0.1, 0.15) is 29.6 Å². The second kappa shape index (κ2) is 9.97. The molecule has 0 aliphatic carbocycles. The van der Waals surface area contributed by atoms with Gasteiger partial charge in [0.25, 0.3) is 6.01 Å². The Morgan fingerprint density at radius 3 is 2.92 bits per heavy atom. The van der Waals surface area contributed by atoms with Gasteiger partial charge in [-0.25, -0.2) is 8.78 Å². The number of anilines is 2. The first-order valence-electron chi connectivity index (χ1n) is 13.6. The molecular formula is C28H29ClF2N6O3. The van der Waals surface area contributed by atoms with Crippen LogP contribution in [0.15, 0.2) is 28.7 Å². The van der Waals surface area contributed by atoms with Gasteiger partial charge in [0, 0.05) is 49.2 Å². The third-order valence-electron chi connectivity index (χ3n) is 8.30. The van der Waals surface area contributed by atoms with Crippen molar-refractivity contribution in [3.63, 3.8) is 0 Å². The van der Waals surface area contributed by atoms with Crippen molar-refractivity contribution in [2.75, 3.05) is 56.6 Å². The molecule has 4 aromatic rings. The molecule has 7 rings (SSSR count). The standard InChI is InChI=1S/C28H29ClF2N6O3/c29-19-12-18-24(22(31)21(19)17-4-1-5-20-23(17)33-26(32)40-20)34-27(35-25(18)36-7-3-10-38-11-9-36)39-15-28-6-2-8-37(28)14-16(30)13-28/h1,4-5,12,16H,2-3,6-11,13-15H2,(H2,32,33)/t16-,28+/m1/s1. The van der Waals surface area contributed by atoms with Gasteiger partial charge in [0.15, 0.2) is 11.4 Å². The van der Waals surface area contributed by atoms with E-state index in [4.69, 9.17) is 36.2 Å². The summed E-state index contributed by atoms with van der Waals surface area (Å²) >= 11 is 6.75. The zero-order valence-corrected chi connectivity index (χ0v) is 22.6. The number of benzene rings is 2. The number of oxazole rings is 1. The van der Waals surface area contributed by atoms with Gasteiger partial charge in [0.05, 0.1) is 17.2 Å².